The first-order valence-electron chi connectivity index (χ1n) is 7.61. The second-order valence-corrected chi connectivity index (χ2v) is 6.03. The molecule has 1 aliphatic rings. The van der Waals surface area contributed by atoms with Crippen LogP contribution in [0, 0.1) is 0 Å². The highest BCUT2D eigenvalue weighted by Crippen LogP contribution is 2.35. The normalized spacial score (nSPS) is 18.5. The van der Waals surface area contributed by atoms with E-state index in [1.165, 1.54) is 13.0 Å². The van der Waals surface area contributed by atoms with Crippen molar-refractivity contribution in [3.8, 4) is 0 Å². The second kappa shape index (κ2) is 6.70. The molecule has 0 spiro atoms. The van der Waals surface area contributed by atoms with E-state index in [2.05, 4.69) is 5.32 Å². The van der Waals surface area contributed by atoms with Crippen LogP contribution in [0.1, 0.15) is 20.8 Å². The van der Waals surface area contributed by atoms with Gasteiger partial charge in [-0.25, -0.2) is 0 Å². The summed E-state index contributed by atoms with van der Waals surface area (Å²) in [6, 6.07) is 5.38. The molecular formula is C16H20F3N3O2. The number of alkyl halides is 3. The average molecular weight is 343 g/mol. The molecule has 0 aliphatic carbocycles. The van der Waals surface area contributed by atoms with Crippen LogP contribution in [0.3, 0.4) is 0 Å². The van der Waals surface area contributed by atoms with Crippen molar-refractivity contribution in [2.24, 2.45) is 0 Å². The molecule has 1 aliphatic heterocycles. The molecular weight excluding hydrogens is 323 g/mol. The number of rotatable bonds is 3. The number of para-hydroxylation sites is 2. The van der Waals surface area contributed by atoms with Gasteiger partial charge in [0, 0.05) is 19.5 Å². The lowest BCUT2D eigenvalue weighted by atomic mass is 10.2. The van der Waals surface area contributed by atoms with E-state index in [9.17, 15) is 22.8 Å². The minimum atomic E-state index is -4.55. The maximum Gasteiger partial charge on any atom is 0.406 e. The van der Waals surface area contributed by atoms with Crippen LogP contribution in [0.15, 0.2) is 24.3 Å². The molecule has 0 bridgehead atoms. The predicted molar refractivity (Wildman–Crippen MR) is 84.9 cm³/mol. The number of nitrogens with one attached hydrogen (secondary N) is 1. The Morgan fingerprint density at radius 1 is 1.29 bits per heavy atom. The zero-order valence-electron chi connectivity index (χ0n) is 13.7. The van der Waals surface area contributed by atoms with Crippen molar-refractivity contribution >= 4 is 23.2 Å². The molecule has 0 saturated carbocycles. The standard InChI is InChI=1S/C16H20F3N3O2/c1-10(2)21-8-12(20-11(3)23)15(24)22(9-16(17,18)19)14-7-5-4-6-13(14)21/h4-7,10,12H,8-9H2,1-3H3,(H,20,23)/t12-/m1/s1. The van der Waals surface area contributed by atoms with Gasteiger partial charge in [-0.3, -0.25) is 14.5 Å². The van der Waals surface area contributed by atoms with Gasteiger partial charge in [0.2, 0.25) is 5.91 Å². The third-order valence-electron chi connectivity index (χ3n) is 3.76. The molecule has 2 rings (SSSR count). The van der Waals surface area contributed by atoms with Crippen molar-refractivity contribution < 1.29 is 22.8 Å². The summed E-state index contributed by atoms with van der Waals surface area (Å²) in [4.78, 5) is 26.6. The molecule has 0 unspecified atom stereocenters. The number of hydrogen-bond donors (Lipinski definition) is 1. The SMILES string of the molecule is CC(=O)N[C@@H]1CN(C(C)C)c2ccccc2N(CC(F)(F)F)C1=O. The van der Waals surface area contributed by atoms with Gasteiger partial charge in [-0.2, -0.15) is 13.2 Å². The molecule has 0 saturated heterocycles. The van der Waals surface area contributed by atoms with Gasteiger partial charge in [-0.15, -0.1) is 0 Å². The van der Waals surface area contributed by atoms with Crippen molar-refractivity contribution in [1.29, 1.82) is 0 Å². The molecule has 1 heterocycles. The zero-order chi connectivity index (χ0) is 18.1. The molecule has 5 nitrogen and oxygen atoms in total. The number of halogens is 3. The van der Waals surface area contributed by atoms with Gasteiger partial charge >= 0.3 is 6.18 Å². The fourth-order valence-corrected chi connectivity index (χ4v) is 2.80. The summed E-state index contributed by atoms with van der Waals surface area (Å²) in [5.74, 6) is -1.23. The van der Waals surface area contributed by atoms with E-state index in [1.54, 1.807) is 18.2 Å². The molecule has 1 N–H and O–H groups in total. The molecule has 2 amide bonds. The maximum atomic E-state index is 13.0. The van der Waals surface area contributed by atoms with Crippen LogP contribution in [0.5, 0.6) is 0 Å². The zero-order valence-corrected chi connectivity index (χ0v) is 13.7. The third kappa shape index (κ3) is 3.98. The van der Waals surface area contributed by atoms with Crippen LogP contribution in [0.25, 0.3) is 0 Å². The van der Waals surface area contributed by atoms with Crippen LogP contribution in [-0.4, -0.2) is 43.2 Å². The molecule has 0 radical (unpaired) electrons. The van der Waals surface area contributed by atoms with Gasteiger partial charge in [0.1, 0.15) is 12.6 Å². The van der Waals surface area contributed by atoms with E-state index in [1.807, 2.05) is 18.7 Å². The van der Waals surface area contributed by atoms with Crippen LogP contribution in [0.4, 0.5) is 24.5 Å². The lowest BCUT2D eigenvalue weighted by Crippen LogP contribution is -2.53. The molecule has 1 atom stereocenters. The number of carbonyl (C=O) groups is 2. The van der Waals surface area contributed by atoms with Crippen LogP contribution < -0.4 is 15.1 Å². The monoisotopic (exact) mass is 343 g/mol. The fraction of sp³-hybridized carbons (Fsp3) is 0.500. The quantitative estimate of drug-likeness (QED) is 0.916. The largest absolute Gasteiger partial charge is 0.406 e. The first-order valence-corrected chi connectivity index (χ1v) is 7.61. The Hall–Kier alpha value is -2.25. The van der Waals surface area contributed by atoms with Crippen molar-refractivity contribution in [3.05, 3.63) is 24.3 Å². The summed E-state index contributed by atoms with van der Waals surface area (Å²) in [5.41, 5.74) is 0.735. The van der Waals surface area contributed by atoms with Crippen molar-refractivity contribution in [1.82, 2.24) is 5.32 Å². The van der Waals surface area contributed by atoms with Crippen LogP contribution >= 0.6 is 0 Å². The van der Waals surface area contributed by atoms with Gasteiger partial charge < -0.3 is 10.2 Å². The minimum absolute atomic E-state index is 0.0546. The molecule has 1 aromatic rings. The number of hydrogen-bond acceptors (Lipinski definition) is 3. The van der Waals surface area contributed by atoms with E-state index in [4.69, 9.17) is 0 Å². The van der Waals surface area contributed by atoms with E-state index in [-0.39, 0.29) is 18.3 Å². The highest BCUT2D eigenvalue weighted by molar-refractivity contribution is 6.03. The Bertz CT molecular complexity index is 631. The molecule has 0 aromatic heterocycles. The smallest absolute Gasteiger partial charge is 0.365 e. The van der Waals surface area contributed by atoms with Gasteiger partial charge in [0.25, 0.3) is 5.91 Å². The number of carbonyl (C=O) groups excluding carboxylic acids is 2. The van der Waals surface area contributed by atoms with Crippen LogP contribution in [0.2, 0.25) is 0 Å². The lowest BCUT2D eigenvalue weighted by molar-refractivity contribution is -0.134. The van der Waals surface area contributed by atoms with E-state index in [0.29, 0.717) is 10.6 Å². The highest BCUT2D eigenvalue weighted by atomic mass is 19.4. The van der Waals surface area contributed by atoms with Crippen molar-refractivity contribution in [2.75, 3.05) is 22.9 Å². The number of fused-ring (bicyclic) bond motifs is 1. The summed E-state index contributed by atoms with van der Waals surface area (Å²) in [5, 5.41) is 2.47. The molecule has 1 aromatic carbocycles. The number of amides is 2. The van der Waals surface area contributed by atoms with Gasteiger partial charge in [0.05, 0.1) is 11.4 Å². The summed E-state index contributed by atoms with van der Waals surface area (Å²) >= 11 is 0. The Labute approximate surface area is 138 Å². The summed E-state index contributed by atoms with van der Waals surface area (Å²) < 4.78 is 39.0. The van der Waals surface area contributed by atoms with Crippen LogP contribution in [-0.2, 0) is 9.59 Å². The summed E-state index contributed by atoms with van der Waals surface area (Å²) in [6.07, 6.45) is -4.55. The predicted octanol–water partition coefficient (Wildman–Crippen LogP) is 2.32. The van der Waals surface area contributed by atoms with E-state index >= 15 is 0 Å². The Morgan fingerprint density at radius 3 is 2.38 bits per heavy atom. The lowest BCUT2D eigenvalue weighted by Gasteiger charge is -2.30. The topological polar surface area (TPSA) is 52.7 Å². The van der Waals surface area contributed by atoms with Gasteiger partial charge in [0.15, 0.2) is 0 Å². The van der Waals surface area contributed by atoms with E-state index in [0.717, 1.165) is 0 Å². The van der Waals surface area contributed by atoms with Gasteiger partial charge in [-0.05, 0) is 26.0 Å². The Morgan fingerprint density at radius 2 is 1.88 bits per heavy atom. The number of anilines is 2. The molecule has 132 valence electrons. The number of benzene rings is 1. The summed E-state index contributed by atoms with van der Waals surface area (Å²) in [6.45, 7) is 3.71. The van der Waals surface area contributed by atoms with Crippen molar-refractivity contribution in [2.45, 2.75) is 39.0 Å². The summed E-state index contributed by atoms with van der Waals surface area (Å²) in [7, 11) is 0. The fourth-order valence-electron chi connectivity index (χ4n) is 2.80. The minimum Gasteiger partial charge on any atom is -0.365 e. The first kappa shape index (κ1) is 18.1. The molecule has 24 heavy (non-hydrogen) atoms. The second-order valence-electron chi connectivity index (χ2n) is 6.03. The third-order valence-corrected chi connectivity index (χ3v) is 3.76. The maximum absolute atomic E-state index is 13.0. The first-order chi connectivity index (χ1) is 11.1. The Balaban J connectivity index is 2.54. The number of nitrogens with zero attached hydrogens (tertiary/aromatic N) is 2. The molecule has 8 heteroatoms. The Kier molecular flexibility index (Phi) is 5.05. The van der Waals surface area contributed by atoms with E-state index < -0.39 is 30.6 Å². The average Bonchev–Trinajstić information content (AvgIpc) is 2.56. The highest BCUT2D eigenvalue weighted by Gasteiger charge is 2.40. The van der Waals surface area contributed by atoms with Gasteiger partial charge in [-0.1, -0.05) is 12.1 Å². The molecule has 0 fully saturated rings. The van der Waals surface area contributed by atoms with Crippen molar-refractivity contribution in [3.63, 3.8) is 0 Å².